The molecule has 0 bridgehead atoms. The summed E-state index contributed by atoms with van der Waals surface area (Å²) in [7, 11) is 1.61. The van der Waals surface area contributed by atoms with E-state index in [-0.39, 0.29) is 35.9 Å². The van der Waals surface area contributed by atoms with Gasteiger partial charge in [-0.3, -0.25) is 0 Å². The fourth-order valence-electron chi connectivity index (χ4n) is 5.29. The molecule has 11 nitrogen and oxygen atoms in total. The minimum absolute atomic E-state index is 0.0127. The number of hydrogen-bond donors (Lipinski definition) is 1. The minimum Gasteiger partial charge on any atom is -0.484 e. The molecule has 0 unspecified atom stereocenters. The molecule has 6 aromatic rings. The van der Waals surface area contributed by atoms with Crippen molar-refractivity contribution in [3.05, 3.63) is 81.9 Å². The molecular formula is C34H34O11. The number of benzene rings is 2. The van der Waals surface area contributed by atoms with Crippen molar-refractivity contribution >= 4 is 43.9 Å². The van der Waals surface area contributed by atoms with Gasteiger partial charge in [-0.25, -0.2) is 9.59 Å². The van der Waals surface area contributed by atoms with E-state index in [9.17, 15) is 14.7 Å². The standard InChI is InChI=1S/C34H34O11/c1-33(2,38-5)16-23(17-41-31-27-21(10-12-39-27)14-19-6-8-25(36)43-29(19)31)45-34(3,4)24(35)18-42-32-28-22(11-13-40-28)15-20-7-9-26(37)44-30(20)32/h6-15,23-24,35H,16-18H2,1-5H3/t23-,24-/m1/s1. The van der Waals surface area contributed by atoms with Crippen LogP contribution >= 0.6 is 0 Å². The fraction of sp³-hybridized carbons (Fsp3) is 0.353. The van der Waals surface area contributed by atoms with E-state index in [1.165, 1.54) is 24.7 Å². The molecule has 45 heavy (non-hydrogen) atoms. The summed E-state index contributed by atoms with van der Waals surface area (Å²) in [6.45, 7) is 7.12. The minimum atomic E-state index is -1.16. The van der Waals surface area contributed by atoms with Crippen molar-refractivity contribution < 1.29 is 41.7 Å². The molecule has 0 radical (unpaired) electrons. The van der Waals surface area contributed by atoms with Crippen molar-refractivity contribution in [2.45, 2.75) is 57.5 Å². The number of furan rings is 2. The van der Waals surface area contributed by atoms with Crippen molar-refractivity contribution in [1.82, 2.24) is 0 Å². The Morgan fingerprint density at radius 2 is 1.20 bits per heavy atom. The zero-order chi connectivity index (χ0) is 31.9. The van der Waals surface area contributed by atoms with Gasteiger partial charge in [-0.15, -0.1) is 0 Å². The van der Waals surface area contributed by atoms with Gasteiger partial charge in [0.05, 0.1) is 29.8 Å². The lowest BCUT2D eigenvalue weighted by Gasteiger charge is -2.37. The lowest BCUT2D eigenvalue weighted by molar-refractivity contribution is -0.166. The average Bonchev–Trinajstić information content (AvgIpc) is 3.66. The third-order valence-corrected chi connectivity index (χ3v) is 7.91. The molecule has 11 heteroatoms. The van der Waals surface area contributed by atoms with Crippen LogP contribution < -0.4 is 20.7 Å². The van der Waals surface area contributed by atoms with Gasteiger partial charge in [0, 0.05) is 47.2 Å². The summed E-state index contributed by atoms with van der Waals surface area (Å²) in [5.41, 5.74) is -1.53. The number of aliphatic hydroxyl groups is 1. The van der Waals surface area contributed by atoms with Crippen LogP contribution in [0.2, 0.25) is 0 Å². The molecule has 0 saturated heterocycles. The van der Waals surface area contributed by atoms with Gasteiger partial charge in [0.15, 0.2) is 22.3 Å². The Kier molecular flexibility index (Phi) is 7.94. The second kappa shape index (κ2) is 11.7. The summed E-state index contributed by atoms with van der Waals surface area (Å²) in [5, 5.41) is 14.2. The Hall–Kier alpha value is -4.58. The molecule has 0 aliphatic rings. The molecular weight excluding hydrogens is 584 g/mol. The largest absolute Gasteiger partial charge is 0.484 e. The molecule has 0 amide bonds. The summed E-state index contributed by atoms with van der Waals surface area (Å²) in [6.07, 6.45) is 1.69. The van der Waals surface area contributed by atoms with Crippen LogP contribution in [0.15, 0.2) is 88.3 Å². The lowest BCUT2D eigenvalue weighted by atomic mass is 9.98. The molecule has 0 saturated carbocycles. The lowest BCUT2D eigenvalue weighted by Crippen LogP contribution is -2.48. The van der Waals surface area contributed by atoms with E-state index in [0.717, 1.165) is 10.8 Å². The van der Waals surface area contributed by atoms with E-state index in [4.69, 9.17) is 36.6 Å². The maximum atomic E-state index is 12.1. The number of aliphatic hydroxyl groups excluding tert-OH is 1. The van der Waals surface area contributed by atoms with Gasteiger partial charge in [-0.1, -0.05) is 0 Å². The highest BCUT2D eigenvalue weighted by atomic mass is 16.6. The van der Waals surface area contributed by atoms with E-state index in [2.05, 4.69) is 0 Å². The number of rotatable bonds is 12. The second-order valence-corrected chi connectivity index (χ2v) is 12.1. The van der Waals surface area contributed by atoms with Crippen LogP contribution in [0.4, 0.5) is 0 Å². The Labute approximate surface area is 256 Å². The van der Waals surface area contributed by atoms with E-state index >= 15 is 0 Å². The van der Waals surface area contributed by atoms with Crippen molar-refractivity contribution in [1.29, 1.82) is 0 Å². The first-order valence-electron chi connectivity index (χ1n) is 14.5. The first-order chi connectivity index (χ1) is 21.4. The van der Waals surface area contributed by atoms with E-state index in [1.807, 2.05) is 26.0 Å². The van der Waals surface area contributed by atoms with Gasteiger partial charge in [-0.05, 0) is 64.1 Å². The maximum absolute atomic E-state index is 12.1. The monoisotopic (exact) mass is 618 g/mol. The number of fused-ring (bicyclic) bond motifs is 4. The predicted molar refractivity (Wildman–Crippen MR) is 166 cm³/mol. The molecule has 0 aliphatic carbocycles. The zero-order valence-electron chi connectivity index (χ0n) is 25.6. The number of hydrogen-bond acceptors (Lipinski definition) is 11. The van der Waals surface area contributed by atoms with Crippen LogP contribution in [0.25, 0.3) is 43.9 Å². The van der Waals surface area contributed by atoms with Crippen LogP contribution in [-0.4, -0.2) is 48.8 Å². The predicted octanol–water partition coefficient (Wildman–Crippen LogP) is 6.19. The van der Waals surface area contributed by atoms with Crippen LogP contribution in [0.3, 0.4) is 0 Å². The molecule has 6 rings (SSSR count). The Morgan fingerprint density at radius 3 is 1.71 bits per heavy atom. The van der Waals surface area contributed by atoms with Gasteiger partial charge in [-0.2, -0.15) is 0 Å². The summed E-state index contributed by atoms with van der Waals surface area (Å²) in [5.74, 6) is 0.482. The quantitative estimate of drug-likeness (QED) is 0.157. The highest BCUT2D eigenvalue weighted by Crippen LogP contribution is 2.37. The van der Waals surface area contributed by atoms with Gasteiger partial charge < -0.3 is 41.7 Å². The summed E-state index contributed by atoms with van der Waals surface area (Å²) >= 11 is 0. The molecule has 4 heterocycles. The third-order valence-electron chi connectivity index (χ3n) is 7.91. The molecule has 2 atom stereocenters. The summed E-state index contributed by atoms with van der Waals surface area (Å²) < 4.78 is 46.8. The van der Waals surface area contributed by atoms with Crippen LogP contribution in [0.1, 0.15) is 34.1 Å². The molecule has 236 valence electrons. The summed E-state index contributed by atoms with van der Waals surface area (Å²) in [4.78, 5) is 24.1. The van der Waals surface area contributed by atoms with Crippen molar-refractivity contribution in [3.63, 3.8) is 0 Å². The Bertz CT molecular complexity index is 2090. The average molecular weight is 619 g/mol. The maximum Gasteiger partial charge on any atom is 0.336 e. The Morgan fingerprint density at radius 1 is 0.711 bits per heavy atom. The molecule has 0 spiro atoms. The van der Waals surface area contributed by atoms with Crippen LogP contribution in [0, 0.1) is 0 Å². The molecule has 1 N–H and O–H groups in total. The van der Waals surface area contributed by atoms with Crippen LogP contribution in [-0.2, 0) is 9.47 Å². The first kappa shape index (κ1) is 30.4. The van der Waals surface area contributed by atoms with Crippen molar-refractivity contribution in [3.8, 4) is 11.5 Å². The highest BCUT2D eigenvalue weighted by Gasteiger charge is 2.36. The van der Waals surface area contributed by atoms with Gasteiger partial charge in [0.2, 0.25) is 11.5 Å². The number of methoxy groups -OCH3 is 1. The van der Waals surface area contributed by atoms with Crippen molar-refractivity contribution in [2.75, 3.05) is 20.3 Å². The van der Waals surface area contributed by atoms with Gasteiger partial charge >= 0.3 is 11.3 Å². The van der Waals surface area contributed by atoms with E-state index < -0.39 is 34.7 Å². The zero-order valence-corrected chi connectivity index (χ0v) is 25.6. The molecule has 4 aromatic heterocycles. The molecule has 0 fully saturated rings. The third kappa shape index (κ3) is 6.19. The fourth-order valence-corrected chi connectivity index (χ4v) is 5.29. The highest BCUT2D eigenvalue weighted by molar-refractivity contribution is 6.00. The second-order valence-electron chi connectivity index (χ2n) is 12.1. The molecule has 0 aliphatic heterocycles. The topological polar surface area (TPSA) is 144 Å². The first-order valence-corrected chi connectivity index (χ1v) is 14.5. The van der Waals surface area contributed by atoms with Crippen molar-refractivity contribution in [2.24, 2.45) is 0 Å². The summed E-state index contributed by atoms with van der Waals surface area (Å²) in [6, 6.07) is 13.2. The van der Waals surface area contributed by atoms with Gasteiger partial charge in [0.1, 0.15) is 19.3 Å². The number of ether oxygens (including phenoxy) is 4. The van der Waals surface area contributed by atoms with Crippen LogP contribution in [0.5, 0.6) is 11.5 Å². The van der Waals surface area contributed by atoms with Gasteiger partial charge in [0.25, 0.3) is 0 Å². The SMILES string of the molecule is COC(C)(C)C[C@H](COc1c2occc2cc2ccc(=O)oc12)OC(C)(C)[C@H](O)COc1c2occc2cc2ccc(=O)oc12. The smallest absolute Gasteiger partial charge is 0.336 e. The van der Waals surface area contributed by atoms with E-state index in [1.54, 1.807) is 45.2 Å². The van der Waals surface area contributed by atoms with E-state index in [0.29, 0.717) is 28.4 Å². The Balaban J connectivity index is 1.25. The molecule has 2 aromatic carbocycles. The normalized spacial score (nSPS) is 14.0.